The molecular weight excluding hydrogens is 170 g/mol. The van der Waals surface area contributed by atoms with E-state index in [9.17, 15) is 0 Å². The van der Waals surface area contributed by atoms with Crippen LogP contribution in [0.15, 0.2) is 49.3 Å². The number of nitrogens with zero attached hydrogens (tertiary/aromatic N) is 1. The number of hydrogen-bond acceptors (Lipinski definition) is 1. The molecule has 0 aliphatic rings. The van der Waals surface area contributed by atoms with E-state index in [1.165, 1.54) is 11.1 Å². The first-order chi connectivity index (χ1) is 6.76. The highest BCUT2D eigenvalue weighted by atomic mass is 15.1. The van der Waals surface area contributed by atoms with Crippen LogP contribution < -0.4 is 0 Å². The van der Waals surface area contributed by atoms with E-state index in [2.05, 4.69) is 42.7 Å². The topological polar surface area (TPSA) is 3.24 Å². The maximum atomic E-state index is 3.77. The SMILES string of the molecule is C=CN(/C=C\C)Cc1ccc(C)cc1. The fourth-order valence-electron chi connectivity index (χ4n) is 1.27. The Kier molecular flexibility index (Phi) is 3.99. The van der Waals surface area contributed by atoms with E-state index in [4.69, 9.17) is 0 Å². The van der Waals surface area contributed by atoms with Gasteiger partial charge in [-0.25, -0.2) is 0 Å². The van der Waals surface area contributed by atoms with Crippen LogP contribution >= 0.6 is 0 Å². The minimum absolute atomic E-state index is 0.883. The number of allylic oxidation sites excluding steroid dienone is 1. The molecule has 0 spiro atoms. The highest BCUT2D eigenvalue weighted by molar-refractivity contribution is 5.21. The Hall–Kier alpha value is -1.50. The molecule has 74 valence electrons. The van der Waals surface area contributed by atoms with Gasteiger partial charge in [0.1, 0.15) is 0 Å². The summed E-state index contributed by atoms with van der Waals surface area (Å²) >= 11 is 0. The van der Waals surface area contributed by atoms with Crippen LogP contribution in [0.5, 0.6) is 0 Å². The second-order valence-electron chi connectivity index (χ2n) is 3.32. The van der Waals surface area contributed by atoms with Crippen molar-refractivity contribution in [1.29, 1.82) is 0 Å². The van der Waals surface area contributed by atoms with Crippen molar-refractivity contribution in [2.75, 3.05) is 0 Å². The van der Waals surface area contributed by atoms with Gasteiger partial charge in [0.25, 0.3) is 0 Å². The molecule has 0 atom stereocenters. The maximum Gasteiger partial charge on any atom is 0.0469 e. The van der Waals surface area contributed by atoms with Crippen LogP contribution in [-0.2, 0) is 6.54 Å². The Labute approximate surface area is 86.4 Å². The first-order valence-corrected chi connectivity index (χ1v) is 4.83. The molecule has 1 aromatic rings. The Bertz CT molecular complexity index is 309. The third-order valence-electron chi connectivity index (χ3n) is 2.06. The standard InChI is InChI=1S/C13H17N/c1-4-10-14(5-2)11-13-8-6-12(3)7-9-13/h4-10H,2,11H2,1,3H3/b10-4-. The van der Waals surface area contributed by atoms with Crippen LogP contribution in [0.1, 0.15) is 18.1 Å². The maximum absolute atomic E-state index is 3.77. The Morgan fingerprint density at radius 2 is 1.93 bits per heavy atom. The van der Waals surface area contributed by atoms with Gasteiger partial charge in [-0.05, 0) is 31.8 Å². The molecule has 1 aromatic carbocycles. The molecule has 0 bridgehead atoms. The van der Waals surface area contributed by atoms with E-state index in [-0.39, 0.29) is 0 Å². The summed E-state index contributed by atoms with van der Waals surface area (Å²) in [6, 6.07) is 8.56. The molecule has 0 fully saturated rings. The molecule has 0 saturated heterocycles. The number of benzene rings is 1. The molecule has 1 nitrogen and oxygen atoms in total. The fourth-order valence-corrected chi connectivity index (χ4v) is 1.27. The van der Waals surface area contributed by atoms with Crippen molar-refractivity contribution in [1.82, 2.24) is 4.90 Å². The lowest BCUT2D eigenvalue weighted by molar-refractivity contribution is 0.502. The minimum Gasteiger partial charge on any atom is -0.351 e. The minimum atomic E-state index is 0.883. The number of aryl methyl sites for hydroxylation is 1. The molecule has 0 aliphatic carbocycles. The van der Waals surface area contributed by atoms with E-state index in [0.29, 0.717) is 0 Å². The molecule has 0 aliphatic heterocycles. The van der Waals surface area contributed by atoms with Crippen molar-refractivity contribution >= 4 is 0 Å². The summed E-state index contributed by atoms with van der Waals surface area (Å²) in [6.07, 6.45) is 5.86. The van der Waals surface area contributed by atoms with Gasteiger partial charge < -0.3 is 4.90 Å². The fraction of sp³-hybridized carbons (Fsp3) is 0.231. The molecule has 0 aromatic heterocycles. The van der Waals surface area contributed by atoms with Crippen LogP contribution in [0.4, 0.5) is 0 Å². The lowest BCUT2D eigenvalue weighted by atomic mass is 10.1. The molecule has 0 radical (unpaired) electrons. The Balaban J connectivity index is 2.67. The molecule has 0 N–H and O–H groups in total. The van der Waals surface area contributed by atoms with E-state index in [0.717, 1.165) is 6.54 Å². The van der Waals surface area contributed by atoms with Gasteiger partial charge in [0.05, 0.1) is 0 Å². The van der Waals surface area contributed by atoms with E-state index in [1.54, 1.807) is 0 Å². The molecule has 1 heteroatoms. The summed E-state index contributed by atoms with van der Waals surface area (Å²) in [5.74, 6) is 0. The van der Waals surface area contributed by atoms with Crippen molar-refractivity contribution in [2.45, 2.75) is 20.4 Å². The van der Waals surface area contributed by atoms with Crippen molar-refractivity contribution in [3.63, 3.8) is 0 Å². The van der Waals surface area contributed by atoms with E-state index in [1.807, 2.05) is 25.4 Å². The lowest BCUT2D eigenvalue weighted by Gasteiger charge is -2.14. The Morgan fingerprint density at radius 1 is 1.29 bits per heavy atom. The highest BCUT2D eigenvalue weighted by Gasteiger charge is 1.95. The summed E-state index contributed by atoms with van der Waals surface area (Å²) in [6.45, 7) is 8.75. The monoisotopic (exact) mass is 187 g/mol. The summed E-state index contributed by atoms with van der Waals surface area (Å²) in [5, 5.41) is 0. The van der Waals surface area contributed by atoms with Gasteiger partial charge in [0, 0.05) is 6.54 Å². The van der Waals surface area contributed by atoms with Gasteiger partial charge in [0.2, 0.25) is 0 Å². The van der Waals surface area contributed by atoms with Crippen LogP contribution in [0.25, 0.3) is 0 Å². The zero-order valence-corrected chi connectivity index (χ0v) is 8.90. The quantitative estimate of drug-likeness (QED) is 0.697. The molecular formula is C13H17N. The first-order valence-electron chi connectivity index (χ1n) is 4.83. The van der Waals surface area contributed by atoms with Crippen molar-refractivity contribution in [3.05, 3.63) is 60.4 Å². The predicted molar refractivity (Wildman–Crippen MR) is 61.7 cm³/mol. The van der Waals surface area contributed by atoms with Crippen molar-refractivity contribution in [3.8, 4) is 0 Å². The smallest absolute Gasteiger partial charge is 0.0469 e. The van der Waals surface area contributed by atoms with Crippen LogP contribution in [0.3, 0.4) is 0 Å². The molecule has 1 rings (SSSR count). The predicted octanol–water partition coefficient (Wildman–Crippen LogP) is 3.47. The third-order valence-corrected chi connectivity index (χ3v) is 2.06. The zero-order valence-electron chi connectivity index (χ0n) is 8.90. The normalized spacial score (nSPS) is 10.4. The average molecular weight is 187 g/mol. The molecule has 14 heavy (non-hydrogen) atoms. The average Bonchev–Trinajstić information content (AvgIpc) is 2.20. The van der Waals surface area contributed by atoms with Gasteiger partial charge in [0.15, 0.2) is 0 Å². The molecule has 0 amide bonds. The highest BCUT2D eigenvalue weighted by Crippen LogP contribution is 2.07. The van der Waals surface area contributed by atoms with Crippen molar-refractivity contribution in [2.24, 2.45) is 0 Å². The van der Waals surface area contributed by atoms with Gasteiger partial charge in [-0.3, -0.25) is 0 Å². The van der Waals surface area contributed by atoms with Gasteiger partial charge >= 0.3 is 0 Å². The Morgan fingerprint density at radius 3 is 2.43 bits per heavy atom. The second-order valence-corrected chi connectivity index (χ2v) is 3.32. The molecule has 0 saturated carbocycles. The lowest BCUT2D eigenvalue weighted by Crippen LogP contribution is -2.07. The van der Waals surface area contributed by atoms with Crippen LogP contribution in [0, 0.1) is 6.92 Å². The van der Waals surface area contributed by atoms with E-state index >= 15 is 0 Å². The summed E-state index contributed by atoms with van der Waals surface area (Å²) in [5.41, 5.74) is 2.60. The second kappa shape index (κ2) is 5.28. The summed E-state index contributed by atoms with van der Waals surface area (Å²) < 4.78 is 0. The summed E-state index contributed by atoms with van der Waals surface area (Å²) in [4.78, 5) is 2.06. The van der Waals surface area contributed by atoms with Crippen LogP contribution in [-0.4, -0.2) is 4.90 Å². The molecule has 0 heterocycles. The first kappa shape index (κ1) is 10.6. The van der Waals surface area contributed by atoms with Gasteiger partial charge in [-0.1, -0.05) is 42.5 Å². The third kappa shape index (κ3) is 3.09. The zero-order chi connectivity index (χ0) is 10.4. The number of rotatable bonds is 4. The number of hydrogen-bond donors (Lipinski definition) is 0. The summed E-state index contributed by atoms with van der Waals surface area (Å²) in [7, 11) is 0. The van der Waals surface area contributed by atoms with Gasteiger partial charge in [-0.2, -0.15) is 0 Å². The van der Waals surface area contributed by atoms with Crippen molar-refractivity contribution < 1.29 is 0 Å². The van der Waals surface area contributed by atoms with E-state index < -0.39 is 0 Å². The van der Waals surface area contributed by atoms with Gasteiger partial charge in [-0.15, -0.1) is 0 Å². The largest absolute Gasteiger partial charge is 0.351 e. The molecule has 0 unspecified atom stereocenters. The van der Waals surface area contributed by atoms with Crippen LogP contribution in [0.2, 0.25) is 0 Å².